The average Bonchev–Trinajstić information content (AvgIpc) is 2.92. The van der Waals surface area contributed by atoms with Crippen molar-refractivity contribution in [1.82, 2.24) is 5.01 Å². The minimum Gasteiger partial charge on any atom is -0.273 e. The van der Waals surface area contributed by atoms with Crippen LogP contribution in [-0.2, 0) is 4.79 Å². The molecule has 112 valence electrons. The average molecular weight is 313 g/mol. The van der Waals surface area contributed by atoms with Crippen LogP contribution in [0.1, 0.15) is 36.1 Å². The first-order chi connectivity index (χ1) is 10.5. The van der Waals surface area contributed by atoms with Crippen molar-refractivity contribution < 1.29 is 4.79 Å². The van der Waals surface area contributed by atoms with Gasteiger partial charge in [0.25, 0.3) is 0 Å². The van der Waals surface area contributed by atoms with Crippen molar-refractivity contribution >= 4 is 23.2 Å². The van der Waals surface area contributed by atoms with Crippen molar-refractivity contribution in [1.29, 1.82) is 0 Å². The zero-order valence-electron chi connectivity index (χ0n) is 12.6. The topological polar surface area (TPSA) is 32.7 Å². The number of aryl methyl sites for hydroxylation is 1. The van der Waals surface area contributed by atoms with Gasteiger partial charge in [0, 0.05) is 18.4 Å². The van der Waals surface area contributed by atoms with Crippen molar-refractivity contribution in [2.24, 2.45) is 5.10 Å². The van der Waals surface area contributed by atoms with E-state index in [1.807, 2.05) is 36.4 Å². The van der Waals surface area contributed by atoms with Gasteiger partial charge in [-0.2, -0.15) is 5.10 Å². The number of carbonyl (C=O) groups is 1. The number of amides is 1. The largest absolute Gasteiger partial charge is 0.273 e. The van der Waals surface area contributed by atoms with Gasteiger partial charge in [0.2, 0.25) is 5.91 Å². The first-order valence-corrected chi connectivity index (χ1v) is 7.62. The van der Waals surface area contributed by atoms with Crippen molar-refractivity contribution in [3.63, 3.8) is 0 Å². The number of rotatable bonds is 2. The quantitative estimate of drug-likeness (QED) is 0.811. The Bertz CT molecular complexity index is 754. The summed E-state index contributed by atoms with van der Waals surface area (Å²) in [5, 5.41) is 6.77. The highest BCUT2D eigenvalue weighted by atomic mass is 35.5. The predicted octanol–water partition coefficient (Wildman–Crippen LogP) is 4.35. The molecule has 2 aromatic rings. The van der Waals surface area contributed by atoms with E-state index in [0.717, 1.165) is 16.8 Å². The Morgan fingerprint density at radius 2 is 2.00 bits per heavy atom. The van der Waals surface area contributed by atoms with Gasteiger partial charge < -0.3 is 0 Å². The van der Waals surface area contributed by atoms with Crippen molar-refractivity contribution in [3.05, 3.63) is 70.2 Å². The molecule has 0 fully saturated rings. The van der Waals surface area contributed by atoms with Crippen LogP contribution < -0.4 is 0 Å². The molecule has 1 atom stereocenters. The summed E-state index contributed by atoms with van der Waals surface area (Å²) in [5.74, 6) is -0.0624. The summed E-state index contributed by atoms with van der Waals surface area (Å²) in [7, 11) is 0. The zero-order chi connectivity index (χ0) is 15.7. The van der Waals surface area contributed by atoms with Crippen molar-refractivity contribution in [3.8, 4) is 0 Å². The maximum absolute atomic E-state index is 11.9. The first kappa shape index (κ1) is 14.8. The van der Waals surface area contributed by atoms with Crippen molar-refractivity contribution in [2.75, 3.05) is 0 Å². The fraction of sp³-hybridized carbons (Fsp3) is 0.222. The number of benzene rings is 2. The molecule has 1 heterocycles. The molecule has 0 spiro atoms. The molecule has 0 aliphatic carbocycles. The van der Waals surface area contributed by atoms with E-state index in [1.54, 1.807) is 11.9 Å². The third kappa shape index (κ3) is 2.90. The summed E-state index contributed by atoms with van der Waals surface area (Å²) < 4.78 is 0. The van der Waals surface area contributed by atoms with E-state index in [-0.39, 0.29) is 11.9 Å². The third-order valence-electron chi connectivity index (χ3n) is 3.82. The highest BCUT2D eigenvalue weighted by molar-refractivity contribution is 6.30. The monoisotopic (exact) mass is 312 g/mol. The van der Waals surface area contributed by atoms with Gasteiger partial charge in [-0.25, -0.2) is 5.01 Å². The summed E-state index contributed by atoms with van der Waals surface area (Å²) in [6.07, 6.45) is 0.698. The Labute approximate surface area is 135 Å². The maximum atomic E-state index is 11.9. The minimum atomic E-state index is -0.0910. The van der Waals surface area contributed by atoms with Crippen LogP contribution in [0.5, 0.6) is 0 Å². The smallest absolute Gasteiger partial charge is 0.240 e. The van der Waals surface area contributed by atoms with E-state index in [9.17, 15) is 4.79 Å². The molecule has 3 rings (SSSR count). The Kier molecular flexibility index (Phi) is 3.99. The summed E-state index contributed by atoms with van der Waals surface area (Å²) in [5.41, 5.74) is 4.19. The lowest BCUT2D eigenvalue weighted by Gasteiger charge is -2.20. The van der Waals surface area contributed by atoms with E-state index in [2.05, 4.69) is 24.2 Å². The molecule has 0 unspecified atom stereocenters. The molecule has 0 saturated heterocycles. The van der Waals surface area contributed by atoms with E-state index in [1.165, 1.54) is 5.56 Å². The second-order valence-corrected chi connectivity index (χ2v) is 5.99. The lowest BCUT2D eigenvalue weighted by Crippen LogP contribution is -2.24. The second-order valence-electron chi connectivity index (χ2n) is 5.55. The lowest BCUT2D eigenvalue weighted by atomic mass is 9.98. The second kappa shape index (κ2) is 5.93. The highest BCUT2D eigenvalue weighted by Crippen LogP contribution is 2.33. The number of nitrogens with zero attached hydrogens (tertiary/aromatic N) is 2. The van der Waals surface area contributed by atoms with Crippen LogP contribution in [0.15, 0.2) is 53.6 Å². The molecular weight excluding hydrogens is 296 g/mol. The van der Waals surface area contributed by atoms with Gasteiger partial charge in [-0.15, -0.1) is 0 Å². The number of hydrazone groups is 1. The number of hydrogen-bond acceptors (Lipinski definition) is 2. The molecule has 1 aliphatic heterocycles. The van der Waals surface area contributed by atoms with Gasteiger partial charge in [0.15, 0.2) is 0 Å². The molecular formula is C18H17ClN2O. The van der Waals surface area contributed by atoms with Gasteiger partial charge in [-0.1, -0.05) is 53.6 Å². The van der Waals surface area contributed by atoms with E-state index < -0.39 is 0 Å². The molecule has 0 N–H and O–H groups in total. The van der Waals surface area contributed by atoms with Crippen molar-refractivity contribution in [2.45, 2.75) is 26.3 Å². The van der Waals surface area contributed by atoms with Crippen LogP contribution in [-0.4, -0.2) is 16.6 Å². The van der Waals surface area contributed by atoms with E-state index in [4.69, 9.17) is 11.6 Å². The highest BCUT2D eigenvalue weighted by Gasteiger charge is 2.31. The van der Waals surface area contributed by atoms with Crippen LogP contribution in [0, 0.1) is 6.92 Å². The molecule has 1 amide bonds. The first-order valence-electron chi connectivity index (χ1n) is 7.24. The number of halogens is 1. The van der Waals surface area contributed by atoms with Crippen LogP contribution in [0.25, 0.3) is 0 Å². The number of hydrogen-bond donors (Lipinski definition) is 0. The van der Waals surface area contributed by atoms with Crippen LogP contribution >= 0.6 is 11.6 Å². The molecule has 0 bridgehead atoms. The summed E-state index contributed by atoms with van der Waals surface area (Å²) >= 11 is 6.08. The van der Waals surface area contributed by atoms with Gasteiger partial charge >= 0.3 is 0 Å². The Morgan fingerprint density at radius 3 is 2.68 bits per heavy atom. The Balaban J connectivity index is 1.96. The molecule has 2 aromatic carbocycles. The predicted molar refractivity (Wildman–Crippen MR) is 89.0 cm³/mol. The fourth-order valence-corrected chi connectivity index (χ4v) is 2.97. The van der Waals surface area contributed by atoms with Gasteiger partial charge in [0.1, 0.15) is 0 Å². The van der Waals surface area contributed by atoms with Gasteiger partial charge in [0.05, 0.1) is 11.8 Å². The fourth-order valence-electron chi connectivity index (χ4n) is 2.77. The molecule has 1 aliphatic rings. The number of carbonyl (C=O) groups excluding carboxylic acids is 1. The molecule has 4 heteroatoms. The minimum absolute atomic E-state index is 0.0624. The Morgan fingerprint density at radius 1 is 1.23 bits per heavy atom. The zero-order valence-corrected chi connectivity index (χ0v) is 13.3. The molecule has 0 radical (unpaired) electrons. The molecule has 0 aromatic heterocycles. The molecule has 3 nitrogen and oxygen atoms in total. The third-order valence-corrected chi connectivity index (χ3v) is 4.05. The lowest BCUT2D eigenvalue weighted by molar-refractivity contribution is -0.130. The standard InChI is InChI=1S/C18H17ClN2O/c1-12-5-3-6-14(9-12)17-11-18(21(20-17)13(2)22)15-7-4-8-16(19)10-15/h3-10,18H,11H2,1-2H3/t18-/m1/s1. The van der Waals surface area contributed by atoms with E-state index in [0.29, 0.717) is 11.4 Å². The van der Waals surface area contributed by atoms with Gasteiger partial charge in [-0.3, -0.25) is 4.79 Å². The Hall–Kier alpha value is -2.13. The molecule has 22 heavy (non-hydrogen) atoms. The van der Waals surface area contributed by atoms with Crippen LogP contribution in [0.2, 0.25) is 5.02 Å². The SMILES string of the molecule is CC(=O)N1N=C(c2cccc(C)c2)C[C@@H]1c1cccc(Cl)c1. The summed E-state index contributed by atoms with van der Waals surface area (Å²) in [4.78, 5) is 11.9. The van der Waals surface area contributed by atoms with E-state index >= 15 is 0 Å². The van der Waals surface area contributed by atoms with Crippen LogP contribution in [0.4, 0.5) is 0 Å². The van der Waals surface area contributed by atoms with Gasteiger partial charge in [-0.05, 0) is 30.2 Å². The van der Waals surface area contributed by atoms with Crippen LogP contribution in [0.3, 0.4) is 0 Å². The molecule has 0 saturated carbocycles. The maximum Gasteiger partial charge on any atom is 0.240 e. The normalized spacial score (nSPS) is 17.5. The summed E-state index contributed by atoms with van der Waals surface area (Å²) in [6.45, 7) is 3.59. The summed E-state index contributed by atoms with van der Waals surface area (Å²) in [6, 6.07) is 15.7.